The van der Waals surface area contributed by atoms with Crippen LogP contribution in [-0.2, 0) is 4.74 Å². The second-order valence-electron chi connectivity index (χ2n) is 3.31. The molecule has 0 aliphatic carbocycles. The molecule has 0 spiro atoms. The number of rotatable bonds is 3. The number of hydrogen-bond donors (Lipinski definition) is 0. The first-order valence-electron chi connectivity index (χ1n) is 5.03. The van der Waals surface area contributed by atoms with Gasteiger partial charge in [0.05, 0.1) is 23.2 Å². The Balaban J connectivity index is 2.11. The normalized spacial score (nSPS) is 10.8. The molecule has 1 aromatic heterocycles. The van der Waals surface area contributed by atoms with Crippen molar-refractivity contribution in [2.45, 2.75) is 0 Å². The molecule has 2 rings (SSSR count). The fraction of sp³-hybridized carbons (Fsp3) is 0.0833. The van der Waals surface area contributed by atoms with E-state index in [2.05, 4.69) is 14.7 Å². The lowest BCUT2D eigenvalue weighted by Crippen LogP contribution is -1.99. The van der Waals surface area contributed by atoms with Crippen LogP contribution in [-0.4, -0.2) is 24.3 Å². The van der Waals surface area contributed by atoms with E-state index in [4.69, 9.17) is 11.6 Å². The molecular formula is C12H9ClN2O2S. The van der Waals surface area contributed by atoms with Crippen molar-refractivity contribution in [3.63, 3.8) is 0 Å². The molecule has 0 radical (unpaired) electrons. The van der Waals surface area contributed by atoms with Crippen LogP contribution in [0.3, 0.4) is 0 Å². The summed E-state index contributed by atoms with van der Waals surface area (Å²) >= 11 is 7.06. The minimum atomic E-state index is -0.361. The predicted octanol–water partition coefficient (Wildman–Crippen LogP) is 3.33. The van der Waals surface area contributed by atoms with E-state index in [0.717, 1.165) is 10.6 Å². The Hall–Kier alpha value is -1.72. The molecule has 0 saturated heterocycles. The summed E-state index contributed by atoms with van der Waals surface area (Å²) in [4.78, 5) is 20.3. The Kier molecular flexibility index (Phi) is 4.07. The van der Waals surface area contributed by atoms with E-state index in [1.807, 2.05) is 0 Å². The molecule has 4 nitrogen and oxygen atoms in total. The molecule has 0 amide bonds. The van der Waals surface area contributed by atoms with Gasteiger partial charge in [-0.1, -0.05) is 11.6 Å². The maximum atomic E-state index is 11.2. The van der Waals surface area contributed by atoms with Gasteiger partial charge in [0.1, 0.15) is 0 Å². The standard InChI is InChI=1S/C12H9ClN2O2S/c1-17-11(16)8-2-4-9(5-3-8)14-6-10-7-15-12(13)18-10/h2-7H,1H3. The van der Waals surface area contributed by atoms with Crippen molar-refractivity contribution in [1.82, 2.24) is 4.98 Å². The quantitative estimate of drug-likeness (QED) is 0.640. The van der Waals surface area contributed by atoms with Crippen LogP contribution in [0.5, 0.6) is 0 Å². The number of esters is 1. The lowest BCUT2D eigenvalue weighted by atomic mass is 10.2. The topological polar surface area (TPSA) is 51.5 Å². The zero-order valence-corrected chi connectivity index (χ0v) is 11.0. The highest BCUT2D eigenvalue weighted by atomic mass is 35.5. The molecule has 6 heteroatoms. The van der Waals surface area contributed by atoms with Crippen LogP contribution in [0.25, 0.3) is 0 Å². The van der Waals surface area contributed by atoms with Gasteiger partial charge in [-0.15, -0.1) is 11.3 Å². The minimum Gasteiger partial charge on any atom is -0.465 e. The molecule has 0 aliphatic heterocycles. The van der Waals surface area contributed by atoms with E-state index >= 15 is 0 Å². The lowest BCUT2D eigenvalue weighted by molar-refractivity contribution is 0.0601. The van der Waals surface area contributed by atoms with Crippen LogP contribution >= 0.6 is 22.9 Å². The molecule has 0 bridgehead atoms. The van der Waals surface area contributed by atoms with E-state index in [1.54, 1.807) is 36.7 Å². The molecule has 0 fully saturated rings. The molecule has 92 valence electrons. The Morgan fingerprint density at radius 3 is 2.72 bits per heavy atom. The summed E-state index contributed by atoms with van der Waals surface area (Å²) in [7, 11) is 1.35. The van der Waals surface area contributed by atoms with Gasteiger partial charge in [-0.2, -0.15) is 0 Å². The van der Waals surface area contributed by atoms with Gasteiger partial charge in [0.2, 0.25) is 0 Å². The van der Waals surface area contributed by atoms with E-state index in [1.165, 1.54) is 18.4 Å². The highest BCUT2D eigenvalue weighted by Gasteiger charge is 2.03. The van der Waals surface area contributed by atoms with Crippen LogP contribution in [0, 0.1) is 0 Å². The van der Waals surface area contributed by atoms with Crippen LogP contribution in [0.1, 0.15) is 15.2 Å². The number of ether oxygens (including phenoxy) is 1. The number of halogens is 1. The molecular weight excluding hydrogens is 272 g/mol. The van der Waals surface area contributed by atoms with E-state index in [0.29, 0.717) is 10.0 Å². The van der Waals surface area contributed by atoms with Crippen LogP contribution in [0.2, 0.25) is 4.47 Å². The van der Waals surface area contributed by atoms with Crippen LogP contribution in [0.15, 0.2) is 35.5 Å². The van der Waals surface area contributed by atoms with Crippen molar-refractivity contribution in [2.24, 2.45) is 4.99 Å². The Labute approximate surface area is 113 Å². The van der Waals surface area contributed by atoms with Crippen molar-refractivity contribution >= 4 is 40.8 Å². The Morgan fingerprint density at radius 2 is 2.17 bits per heavy atom. The third-order valence-electron chi connectivity index (χ3n) is 2.12. The summed E-state index contributed by atoms with van der Waals surface area (Å²) in [5.74, 6) is -0.361. The highest BCUT2D eigenvalue weighted by molar-refractivity contribution is 7.17. The number of aromatic nitrogens is 1. The number of aliphatic imine (C=N–C) groups is 1. The molecule has 0 N–H and O–H groups in total. The summed E-state index contributed by atoms with van der Waals surface area (Å²) in [5.41, 5.74) is 1.24. The second kappa shape index (κ2) is 5.75. The summed E-state index contributed by atoms with van der Waals surface area (Å²) in [6, 6.07) is 6.81. The molecule has 0 saturated carbocycles. The van der Waals surface area contributed by atoms with E-state index in [-0.39, 0.29) is 5.97 Å². The zero-order chi connectivity index (χ0) is 13.0. The number of nitrogens with zero attached hydrogens (tertiary/aromatic N) is 2. The maximum absolute atomic E-state index is 11.2. The second-order valence-corrected chi connectivity index (χ2v) is 4.96. The molecule has 0 aliphatic rings. The minimum absolute atomic E-state index is 0.361. The smallest absolute Gasteiger partial charge is 0.337 e. The van der Waals surface area contributed by atoms with Crippen molar-refractivity contribution < 1.29 is 9.53 Å². The fourth-order valence-electron chi connectivity index (χ4n) is 1.26. The van der Waals surface area contributed by atoms with Crippen molar-refractivity contribution in [2.75, 3.05) is 7.11 Å². The number of thiazole rings is 1. The van der Waals surface area contributed by atoms with Gasteiger partial charge in [-0.05, 0) is 24.3 Å². The average molecular weight is 281 g/mol. The SMILES string of the molecule is COC(=O)c1ccc(N=Cc2cnc(Cl)s2)cc1. The molecule has 18 heavy (non-hydrogen) atoms. The number of carbonyl (C=O) groups excluding carboxylic acids is 1. The predicted molar refractivity (Wildman–Crippen MR) is 72.2 cm³/mol. The van der Waals surface area contributed by atoms with Gasteiger partial charge in [0.25, 0.3) is 0 Å². The van der Waals surface area contributed by atoms with Gasteiger partial charge < -0.3 is 4.74 Å². The number of methoxy groups -OCH3 is 1. The van der Waals surface area contributed by atoms with Crippen LogP contribution < -0.4 is 0 Å². The number of carbonyl (C=O) groups is 1. The largest absolute Gasteiger partial charge is 0.465 e. The van der Waals surface area contributed by atoms with E-state index < -0.39 is 0 Å². The molecule has 1 aromatic carbocycles. The summed E-state index contributed by atoms with van der Waals surface area (Å²) < 4.78 is 5.09. The first-order chi connectivity index (χ1) is 8.69. The summed E-state index contributed by atoms with van der Waals surface area (Å²) in [6.07, 6.45) is 3.33. The van der Waals surface area contributed by atoms with Crippen molar-refractivity contribution in [3.8, 4) is 0 Å². The van der Waals surface area contributed by atoms with Gasteiger partial charge in [0.15, 0.2) is 4.47 Å². The highest BCUT2D eigenvalue weighted by Crippen LogP contribution is 2.18. The van der Waals surface area contributed by atoms with Gasteiger partial charge in [-0.3, -0.25) is 4.99 Å². The third-order valence-corrected chi connectivity index (χ3v) is 3.17. The van der Waals surface area contributed by atoms with Crippen molar-refractivity contribution in [3.05, 3.63) is 45.4 Å². The third kappa shape index (κ3) is 3.15. The molecule has 0 unspecified atom stereocenters. The first-order valence-corrected chi connectivity index (χ1v) is 6.22. The monoisotopic (exact) mass is 280 g/mol. The van der Waals surface area contributed by atoms with Gasteiger partial charge in [-0.25, -0.2) is 9.78 Å². The maximum Gasteiger partial charge on any atom is 0.337 e. The molecule has 0 atom stereocenters. The first kappa shape index (κ1) is 12.7. The Morgan fingerprint density at radius 1 is 1.44 bits per heavy atom. The van der Waals surface area contributed by atoms with Gasteiger partial charge in [0, 0.05) is 12.4 Å². The van der Waals surface area contributed by atoms with Crippen LogP contribution in [0.4, 0.5) is 5.69 Å². The zero-order valence-electron chi connectivity index (χ0n) is 9.46. The summed E-state index contributed by atoms with van der Waals surface area (Å²) in [6.45, 7) is 0. The molecule has 2 aromatic rings. The lowest BCUT2D eigenvalue weighted by Gasteiger charge is -1.98. The molecule has 1 heterocycles. The van der Waals surface area contributed by atoms with E-state index in [9.17, 15) is 4.79 Å². The number of hydrogen-bond acceptors (Lipinski definition) is 5. The average Bonchev–Trinajstić information content (AvgIpc) is 2.82. The summed E-state index contributed by atoms with van der Waals surface area (Å²) in [5, 5.41) is 0. The number of benzene rings is 1. The van der Waals surface area contributed by atoms with Crippen molar-refractivity contribution in [1.29, 1.82) is 0 Å². The Bertz CT molecular complexity index is 578. The van der Waals surface area contributed by atoms with Gasteiger partial charge >= 0.3 is 5.97 Å². The fourth-order valence-corrected chi connectivity index (χ4v) is 2.09.